The van der Waals surface area contributed by atoms with Crippen LogP contribution in [0.25, 0.3) is 11.3 Å². The maximum atomic E-state index is 13.1. The fourth-order valence-electron chi connectivity index (χ4n) is 3.41. The van der Waals surface area contributed by atoms with E-state index in [4.69, 9.17) is 4.52 Å². The van der Waals surface area contributed by atoms with Crippen molar-refractivity contribution in [1.82, 2.24) is 20.3 Å². The molecule has 0 aliphatic carbocycles. The average molecular weight is 326 g/mol. The second kappa shape index (κ2) is 6.20. The van der Waals surface area contributed by atoms with Crippen molar-refractivity contribution in [1.29, 1.82) is 0 Å². The molecule has 4 rings (SSSR count). The van der Waals surface area contributed by atoms with Crippen LogP contribution in [0.1, 0.15) is 35.9 Å². The summed E-state index contributed by atoms with van der Waals surface area (Å²) in [6.07, 6.45) is 4.07. The summed E-state index contributed by atoms with van der Waals surface area (Å²) >= 11 is 0. The number of rotatable bonds is 4. The first-order valence-electron chi connectivity index (χ1n) is 8.16. The summed E-state index contributed by atoms with van der Waals surface area (Å²) in [5.74, 6) is 0.605. The van der Waals surface area contributed by atoms with Crippen molar-refractivity contribution in [2.75, 3.05) is 6.54 Å². The number of nitrogens with one attached hydrogen (secondary N) is 1. The lowest BCUT2D eigenvalue weighted by Crippen LogP contribution is -2.23. The normalized spacial score (nSPS) is 18.3. The second-order valence-electron chi connectivity index (χ2n) is 6.27. The summed E-state index contributed by atoms with van der Waals surface area (Å²) < 4.78 is 18.4. The second-order valence-corrected chi connectivity index (χ2v) is 6.27. The Morgan fingerprint density at radius 2 is 2.17 bits per heavy atom. The molecule has 0 radical (unpaired) electrons. The van der Waals surface area contributed by atoms with E-state index in [0.717, 1.165) is 54.2 Å². The summed E-state index contributed by atoms with van der Waals surface area (Å²) in [6.45, 7) is 3.71. The molecule has 0 spiro atoms. The lowest BCUT2D eigenvalue weighted by Gasteiger charge is -2.22. The first-order valence-corrected chi connectivity index (χ1v) is 8.16. The van der Waals surface area contributed by atoms with Gasteiger partial charge in [-0.05, 0) is 50.6 Å². The fraction of sp³-hybridized carbons (Fsp3) is 0.333. The van der Waals surface area contributed by atoms with Gasteiger partial charge in [-0.2, -0.15) is 5.10 Å². The summed E-state index contributed by atoms with van der Waals surface area (Å²) in [5, 5.41) is 11.4. The molecule has 0 unspecified atom stereocenters. The molecule has 1 N–H and O–H groups in total. The molecule has 1 atom stereocenters. The highest BCUT2D eigenvalue weighted by Gasteiger charge is 2.29. The van der Waals surface area contributed by atoms with Crippen LogP contribution in [0, 0.1) is 12.7 Å². The Balaban J connectivity index is 1.57. The Morgan fingerprint density at radius 1 is 1.33 bits per heavy atom. The van der Waals surface area contributed by atoms with Crippen LogP contribution < -0.4 is 0 Å². The average Bonchev–Trinajstić information content (AvgIpc) is 3.30. The van der Waals surface area contributed by atoms with Crippen molar-refractivity contribution in [3.63, 3.8) is 0 Å². The van der Waals surface area contributed by atoms with Gasteiger partial charge in [0.25, 0.3) is 0 Å². The molecule has 1 fully saturated rings. The molecule has 5 nitrogen and oxygen atoms in total. The number of hydrogen-bond donors (Lipinski definition) is 1. The maximum Gasteiger partial charge on any atom is 0.133 e. The Hall–Kier alpha value is -2.47. The Morgan fingerprint density at radius 3 is 2.92 bits per heavy atom. The molecule has 2 aromatic heterocycles. The number of H-pyrrole nitrogens is 1. The Kier molecular flexibility index (Phi) is 3.90. The predicted octanol–water partition coefficient (Wildman–Crippen LogP) is 3.85. The van der Waals surface area contributed by atoms with E-state index in [1.165, 1.54) is 12.1 Å². The minimum absolute atomic E-state index is 0.235. The molecule has 1 aliphatic heterocycles. The van der Waals surface area contributed by atoms with Crippen molar-refractivity contribution >= 4 is 0 Å². The van der Waals surface area contributed by atoms with Gasteiger partial charge in [0, 0.05) is 23.7 Å². The van der Waals surface area contributed by atoms with Gasteiger partial charge in [0.05, 0.1) is 17.9 Å². The maximum absolute atomic E-state index is 13.1. The number of hydrogen-bond acceptors (Lipinski definition) is 4. The van der Waals surface area contributed by atoms with Crippen molar-refractivity contribution in [3.8, 4) is 11.3 Å². The molecule has 1 saturated heterocycles. The number of likely N-dealkylation sites (tertiary alicyclic amines) is 1. The zero-order chi connectivity index (χ0) is 16.5. The molecule has 3 aromatic rings. The van der Waals surface area contributed by atoms with Crippen LogP contribution in [0.5, 0.6) is 0 Å². The molecule has 124 valence electrons. The number of nitrogens with zero attached hydrogens (tertiary/aromatic N) is 3. The van der Waals surface area contributed by atoms with Crippen LogP contribution in [-0.2, 0) is 6.54 Å². The molecule has 24 heavy (non-hydrogen) atoms. The van der Waals surface area contributed by atoms with Gasteiger partial charge >= 0.3 is 0 Å². The van der Waals surface area contributed by atoms with Gasteiger partial charge in [-0.1, -0.05) is 5.16 Å². The molecule has 0 amide bonds. The van der Waals surface area contributed by atoms with E-state index in [-0.39, 0.29) is 11.9 Å². The molecule has 3 heterocycles. The first-order chi connectivity index (χ1) is 11.7. The number of aromatic nitrogens is 3. The first kappa shape index (κ1) is 15.1. The highest BCUT2D eigenvalue weighted by atomic mass is 19.1. The monoisotopic (exact) mass is 326 g/mol. The van der Waals surface area contributed by atoms with Crippen LogP contribution in [0.4, 0.5) is 4.39 Å². The van der Waals surface area contributed by atoms with Gasteiger partial charge in [-0.3, -0.25) is 10.00 Å². The minimum atomic E-state index is -0.235. The molecule has 1 aromatic carbocycles. The lowest BCUT2D eigenvalue weighted by atomic mass is 10.1. The number of aromatic amines is 1. The SMILES string of the molecule is Cc1cc([C@H]2CCCN2Cc2cn[nH]c2-c2ccc(F)cc2)no1. The van der Waals surface area contributed by atoms with E-state index in [1.807, 2.05) is 19.2 Å². The molecule has 1 aliphatic rings. The number of benzene rings is 1. The van der Waals surface area contributed by atoms with E-state index in [2.05, 4.69) is 20.3 Å². The molecule has 0 saturated carbocycles. The molecular formula is C18H19FN4O. The van der Waals surface area contributed by atoms with Crippen LogP contribution in [-0.4, -0.2) is 26.8 Å². The van der Waals surface area contributed by atoms with Gasteiger partial charge in [-0.25, -0.2) is 4.39 Å². The van der Waals surface area contributed by atoms with Crippen molar-refractivity contribution in [3.05, 3.63) is 59.4 Å². The standard InChI is InChI=1S/C18H19FN4O/c1-12-9-16(22-24-12)17-3-2-8-23(17)11-14-10-20-21-18(14)13-4-6-15(19)7-5-13/h4-7,9-10,17H,2-3,8,11H2,1H3,(H,20,21)/t17-/m1/s1. The predicted molar refractivity (Wildman–Crippen MR) is 87.6 cm³/mol. The third-order valence-corrected chi connectivity index (χ3v) is 4.58. The van der Waals surface area contributed by atoms with E-state index >= 15 is 0 Å². The van der Waals surface area contributed by atoms with Gasteiger partial charge in [0.1, 0.15) is 17.3 Å². The van der Waals surface area contributed by atoms with E-state index < -0.39 is 0 Å². The zero-order valence-electron chi connectivity index (χ0n) is 13.5. The van der Waals surface area contributed by atoms with Crippen molar-refractivity contribution in [2.24, 2.45) is 0 Å². The highest BCUT2D eigenvalue weighted by Crippen LogP contribution is 2.34. The van der Waals surface area contributed by atoms with Gasteiger partial charge in [0.15, 0.2) is 0 Å². The quantitative estimate of drug-likeness (QED) is 0.791. The van der Waals surface area contributed by atoms with Crippen LogP contribution in [0.3, 0.4) is 0 Å². The van der Waals surface area contributed by atoms with Crippen molar-refractivity contribution in [2.45, 2.75) is 32.4 Å². The summed E-state index contributed by atoms with van der Waals surface area (Å²) in [7, 11) is 0. The Labute approximate surface area is 139 Å². The van der Waals surface area contributed by atoms with Gasteiger partial charge < -0.3 is 4.52 Å². The topological polar surface area (TPSA) is 58.0 Å². The fourth-order valence-corrected chi connectivity index (χ4v) is 3.41. The van der Waals surface area contributed by atoms with Crippen LogP contribution in [0.2, 0.25) is 0 Å². The number of aryl methyl sites for hydroxylation is 1. The lowest BCUT2D eigenvalue weighted by molar-refractivity contribution is 0.237. The zero-order valence-corrected chi connectivity index (χ0v) is 13.5. The minimum Gasteiger partial charge on any atom is -0.361 e. The van der Waals surface area contributed by atoms with E-state index in [0.29, 0.717) is 0 Å². The molecule has 6 heteroatoms. The Bertz CT molecular complexity index is 824. The van der Waals surface area contributed by atoms with Crippen LogP contribution in [0.15, 0.2) is 41.1 Å². The molecule has 0 bridgehead atoms. The summed E-state index contributed by atoms with van der Waals surface area (Å²) in [4.78, 5) is 2.40. The van der Waals surface area contributed by atoms with E-state index in [9.17, 15) is 4.39 Å². The third-order valence-electron chi connectivity index (χ3n) is 4.58. The summed E-state index contributed by atoms with van der Waals surface area (Å²) in [6, 6.07) is 8.77. The van der Waals surface area contributed by atoms with Crippen LogP contribution >= 0.6 is 0 Å². The highest BCUT2D eigenvalue weighted by molar-refractivity contribution is 5.62. The van der Waals surface area contributed by atoms with Gasteiger partial charge in [0.2, 0.25) is 0 Å². The largest absolute Gasteiger partial charge is 0.361 e. The third kappa shape index (κ3) is 2.85. The molecular weight excluding hydrogens is 307 g/mol. The smallest absolute Gasteiger partial charge is 0.133 e. The summed E-state index contributed by atoms with van der Waals surface area (Å²) in [5.41, 5.74) is 3.99. The number of halogens is 1. The van der Waals surface area contributed by atoms with E-state index in [1.54, 1.807) is 12.1 Å². The van der Waals surface area contributed by atoms with Gasteiger partial charge in [-0.15, -0.1) is 0 Å². The van der Waals surface area contributed by atoms with Crippen molar-refractivity contribution < 1.29 is 8.91 Å².